The predicted octanol–water partition coefficient (Wildman–Crippen LogP) is 2.54. The quantitative estimate of drug-likeness (QED) is 0.851. The molecule has 3 rings (SSSR count). The normalized spacial score (nSPS) is 19.0. The maximum Gasteiger partial charge on any atom is 0.278 e. The molecule has 2 N–H and O–H groups in total. The Labute approximate surface area is 138 Å². The van der Waals surface area contributed by atoms with Crippen molar-refractivity contribution in [1.29, 1.82) is 0 Å². The van der Waals surface area contributed by atoms with Crippen LogP contribution in [-0.4, -0.2) is 17.4 Å². The molecule has 0 saturated heterocycles. The van der Waals surface area contributed by atoms with Crippen molar-refractivity contribution in [3.63, 3.8) is 0 Å². The summed E-state index contributed by atoms with van der Waals surface area (Å²) in [5.74, 6) is -0.994. The van der Waals surface area contributed by atoms with Crippen LogP contribution in [0.3, 0.4) is 0 Å². The molecule has 0 spiro atoms. The van der Waals surface area contributed by atoms with Crippen LogP contribution in [0.25, 0.3) is 0 Å². The Bertz CT molecular complexity index is 804. The minimum absolute atomic E-state index is 0.173. The summed E-state index contributed by atoms with van der Waals surface area (Å²) in [5.41, 5.74) is 0.578. The molecule has 0 saturated carbocycles. The highest BCUT2D eigenvalue weighted by Gasteiger charge is 2.47. The maximum atomic E-state index is 12.9. The third kappa shape index (κ3) is 2.95. The number of nitrogens with one attached hydrogen (secondary N) is 2. The van der Waals surface area contributed by atoms with Crippen LogP contribution in [0.15, 0.2) is 42.5 Å². The lowest BCUT2D eigenvalue weighted by Crippen LogP contribution is -2.58. The Hall–Kier alpha value is -2.89. The van der Waals surface area contributed by atoms with E-state index in [0.29, 0.717) is 11.4 Å². The van der Waals surface area contributed by atoms with Crippen LogP contribution in [0.1, 0.15) is 18.1 Å². The Balaban J connectivity index is 1.74. The summed E-state index contributed by atoms with van der Waals surface area (Å²) in [5, 5.41) is 5.36. The second-order valence-corrected chi connectivity index (χ2v) is 5.90. The number of ether oxygens (including phenoxy) is 1. The van der Waals surface area contributed by atoms with Crippen LogP contribution in [0.2, 0.25) is 0 Å². The monoisotopic (exact) mass is 328 g/mol. The van der Waals surface area contributed by atoms with Gasteiger partial charge in [0.1, 0.15) is 11.6 Å². The van der Waals surface area contributed by atoms with E-state index in [0.717, 1.165) is 11.1 Å². The maximum absolute atomic E-state index is 12.9. The largest absolute Gasteiger partial charge is 0.466 e. The number of carbonyl (C=O) groups excluding carboxylic acids is 2. The van der Waals surface area contributed by atoms with E-state index in [4.69, 9.17) is 4.74 Å². The van der Waals surface area contributed by atoms with Gasteiger partial charge in [0.05, 0.1) is 5.69 Å². The summed E-state index contributed by atoms with van der Waals surface area (Å²) in [6.45, 7) is 3.49. The molecule has 0 radical (unpaired) electrons. The molecule has 2 aromatic rings. The molecule has 124 valence electrons. The second-order valence-electron chi connectivity index (χ2n) is 5.90. The molecule has 1 aliphatic rings. The lowest BCUT2D eigenvalue weighted by atomic mass is 10.0. The molecule has 1 aliphatic heterocycles. The van der Waals surface area contributed by atoms with E-state index in [1.54, 1.807) is 24.3 Å². The number of rotatable bonds is 3. The van der Waals surface area contributed by atoms with E-state index in [1.807, 2.05) is 13.0 Å². The van der Waals surface area contributed by atoms with E-state index in [1.165, 1.54) is 19.1 Å². The minimum atomic E-state index is -1.66. The van der Waals surface area contributed by atoms with Crippen LogP contribution in [0.5, 0.6) is 5.75 Å². The number of carbonyl (C=O) groups is 2. The van der Waals surface area contributed by atoms with Crippen LogP contribution in [0.4, 0.5) is 10.1 Å². The summed E-state index contributed by atoms with van der Waals surface area (Å²) in [7, 11) is 0. The van der Waals surface area contributed by atoms with E-state index in [-0.39, 0.29) is 12.4 Å². The smallest absolute Gasteiger partial charge is 0.278 e. The van der Waals surface area contributed by atoms with E-state index < -0.39 is 17.4 Å². The van der Waals surface area contributed by atoms with Crippen molar-refractivity contribution in [2.75, 3.05) is 5.32 Å². The number of fused-ring (bicyclic) bond motifs is 1. The number of amides is 2. The first kappa shape index (κ1) is 16.0. The van der Waals surface area contributed by atoms with Gasteiger partial charge in [-0.15, -0.1) is 0 Å². The first-order valence-corrected chi connectivity index (χ1v) is 7.52. The highest BCUT2D eigenvalue weighted by atomic mass is 19.1. The zero-order valence-corrected chi connectivity index (χ0v) is 13.4. The molecule has 2 aromatic carbocycles. The average Bonchev–Trinajstić information content (AvgIpc) is 2.55. The van der Waals surface area contributed by atoms with Gasteiger partial charge in [0.25, 0.3) is 17.4 Å². The highest BCUT2D eigenvalue weighted by Crippen LogP contribution is 2.34. The zero-order chi connectivity index (χ0) is 17.3. The molecule has 0 aliphatic carbocycles. The first-order chi connectivity index (χ1) is 11.4. The summed E-state index contributed by atoms with van der Waals surface area (Å²) in [6.07, 6.45) is 0. The van der Waals surface area contributed by atoms with Gasteiger partial charge in [-0.3, -0.25) is 9.59 Å². The molecular weight excluding hydrogens is 311 g/mol. The Morgan fingerprint density at radius 1 is 1.25 bits per heavy atom. The minimum Gasteiger partial charge on any atom is -0.466 e. The van der Waals surface area contributed by atoms with Gasteiger partial charge in [-0.25, -0.2) is 4.39 Å². The van der Waals surface area contributed by atoms with Crippen molar-refractivity contribution in [3.8, 4) is 5.75 Å². The van der Waals surface area contributed by atoms with Crippen molar-refractivity contribution >= 4 is 17.5 Å². The lowest BCUT2D eigenvalue weighted by molar-refractivity contribution is -0.146. The number of halogens is 1. The lowest BCUT2D eigenvalue weighted by Gasteiger charge is -2.33. The Kier molecular flexibility index (Phi) is 3.97. The molecule has 1 unspecified atom stereocenters. The fourth-order valence-corrected chi connectivity index (χ4v) is 2.44. The van der Waals surface area contributed by atoms with Crippen molar-refractivity contribution in [2.45, 2.75) is 26.0 Å². The molecule has 0 fully saturated rings. The van der Waals surface area contributed by atoms with Gasteiger partial charge in [-0.05, 0) is 49.2 Å². The molecule has 2 amide bonds. The SMILES string of the molecule is Cc1ccc2c(c1)NC(=O)C(C)(C(=O)NCc1ccc(F)cc1)O2. The fraction of sp³-hybridized carbons (Fsp3) is 0.222. The van der Waals surface area contributed by atoms with E-state index >= 15 is 0 Å². The topological polar surface area (TPSA) is 67.4 Å². The number of hydrogen-bond acceptors (Lipinski definition) is 3. The number of hydrogen-bond donors (Lipinski definition) is 2. The first-order valence-electron chi connectivity index (χ1n) is 7.52. The van der Waals surface area contributed by atoms with Crippen molar-refractivity contribution < 1.29 is 18.7 Å². The zero-order valence-electron chi connectivity index (χ0n) is 13.4. The van der Waals surface area contributed by atoms with Crippen molar-refractivity contribution in [2.24, 2.45) is 0 Å². The van der Waals surface area contributed by atoms with Gasteiger partial charge in [0.2, 0.25) is 0 Å². The van der Waals surface area contributed by atoms with Crippen LogP contribution >= 0.6 is 0 Å². The molecule has 1 atom stereocenters. The Morgan fingerprint density at radius 3 is 2.67 bits per heavy atom. The van der Waals surface area contributed by atoms with Crippen molar-refractivity contribution in [1.82, 2.24) is 5.32 Å². The molecule has 0 aromatic heterocycles. The van der Waals surface area contributed by atoms with Crippen LogP contribution in [-0.2, 0) is 16.1 Å². The van der Waals surface area contributed by atoms with Gasteiger partial charge in [-0.2, -0.15) is 0 Å². The molecule has 6 heteroatoms. The third-order valence-corrected chi connectivity index (χ3v) is 3.93. The molecule has 1 heterocycles. The van der Waals surface area contributed by atoms with Gasteiger partial charge >= 0.3 is 0 Å². The van der Waals surface area contributed by atoms with E-state index in [2.05, 4.69) is 10.6 Å². The number of anilines is 1. The van der Waals surface area contributed by atoms with Gasteiger partial charge in [0.15, 0.2) is 0 Å². The summed E-state index contributed by atoms with van der Waals surface area (Å²) >= 11 is 0. The fourth-order valence-electron chi connectivity index (χ4n) is 2.44. The summed E-state index contributed by atoms with van der Waals surface area (Å²) < 4.78 is 18.6. The molecule has 0 bridgehead atoms. The number of aryl methyl sites for hydroxylation is 1. The average molecular weight is 328 g/mol. The predicted molar refractivity (Wildman–Crippen MR) is 87.1 cm³/mol. The standard InChI is InChI=1S/C18H17FN2O3/c1-11-3-8-15-14(9-11)21-17(23)18(2,24-15)16(22)20-10-12-4-6-13(19)7-5-12/h3-9H,10H2,1-2H3,(H,20,22)(H,21,23). The number of benzene rings is 2. The second kappa shape index (κ2) is 5.96. The van der Waals surface area contributed by atoms with Crippen molar-refractivity contribution in [3.05, 3.63) is 59.4 Å². The van der Waals surface area contributed by atoms with Gasteiger partial charge in [-0.1, -0.05) is 18.2 Å². The van der Waals surface area contributed by atoms with Gasteiger partial charge < -0.3 is 15.4 Å². The molecule has 5 nitrogen and oxygen atoms in total. The molecular formula is C18H17FN2O3. The Morgan fingerprint density at radius 2 is 1.96 bits per heavy atom. The third-order valence-electron chi connectivity index (χ3n) is 3.93. The van der Waals surface area contributed by atoms with Gasteiger partial charge in [0, 0.05) is 6.54 Å². The van der Waals surface area contributed by atoms with E-state index in [9.17, 15) is 14.0 Å². The van der Waals surface area contributed by atoms with Crippen LogP contribution < -0.4 is 15.4 Å². The molecule has 24 heavy (non-hydrogen) atoms. The van der Waals surface area contributed by atoms with Crippen LogP contribution in [0, 0.1) is 12.7 Å². The highest BCUT2D eigenvalue weighted by molar-refractivity contribution is 6.15. The summed E-state index contributed by atoms with van der Waals surface area (Å²) in [6, 6.07) is 11.1. The summed E-state index contributed by atoms with van der Waals surface area (Å²) in [4.78, 5) is 24.8.